The van der Waals surface area contributed by atoms with Crippen molar-refractivity contribution in [1.82, 2.24) is 10.2 Å². The highest BCUT2D eigenvalue weighted by Gasteiger charge is 2.41. The molecule has 4 nitrogen and oxygen atoms in total. The van der Waals surface area contributed by atoms with Gasteiger partial charge in [0.2, 0.25) is 5.91 Å². The number of halogens is 3. The first-order valence-corrected chi connectivity index (χ1v) is 10.6. The van der Waals surface area contributed by atoms with E-state index in [4.69, 9.17) is 0 Å². The summed E-state index contributed by atoms with van der Waals surface area (Å²) >= 11 is 0. The van der Waals surface area contributed by atoms with Crippen LogP contribution in [0.1, 0.15) is 42.1 Å². The fourth-order valence-electron chi connectivity index (χ4n) is 4.93. The minimum Gasteiger partial charge on any atom is -0.349 e. The lowest BCUT2D eigenvalue weighted by atomic mass is 9.78. The Labute approximate surface area is 179 Å². The molecule has 2 aromatic rings. The number of hydrogen-bond donors (Lipinski definition) is 1. The summed E-state index contributed by atoms with van der Waals surface area (Å²) in [6, 6.07) is 11.8. The summed E-state index contributed by atoms with van der Waals surface area (Å²) in [4.78, 5) is 26.8. The highest BCUT2D eigenvalue weighted by atomic mass is 19.4. The van der Waals surface area contributed by atoms with E-state index < -0.39 is 11.7 Å². The van der Waals surface area contributed by atoms with E-state index in [0.29, 0.717) is 29.2 Å². The molecule has 31 heavy (non-hydrogen) atoms. The number of amides is 2. The first kappa shape index (κ1) is 21.4. The third-order valence-electron chi connectivity index (χ3n) is 6.56. The lowest BCUT2D eigenvalue weighted by Crippen LogP contribution is -2.45. The third kappa shape index (κ3) is 4.45. The van der Waals surface area contributed by atoms with Crippen LogP contribution in [-0.2, 0) is 11.0 Å². The van der Waals surface area contributed by atoms with Crippen LogP contribution < -0.4 is 5.32 Å². The van der Waals surface area contributed by atoms with Crippen LogP contribution in [0.4, 0.5) is 13.2 Å². The second-order valence-corrected chi connectivity index (χ2v) is 8.48. The van der Waals surface area contributed by atoms with Gasteiger partial charge in [0.15, 0.2) is 0 Å². The maximum Gasteiger partial charge on any atom is 0.416 e. The molecule has 7 heteroatoms. The molecule has 2 aromatic carbocycles. The van der Waals surface area contributed by atoms with Crippen LogP contribution in [0.5, 0.6) is 0 Å². The van der Waals surface area contributed by atoms with Gasteiger partial charge in [-0.15, -0.1) is 0 Å². The summed E-state index contributed by atoms with van der Waals surface area (Å²) in [5.74, 6) is 0.461. The van der Waals surface area contributed by atoms with Gasteiger partial charge in [0, 0.05) is 37.5 Å². The molecule has 164 valence electrons. The molecule has 1 aliphatic carbocycles. The number of nitrogens with zero attached hydrogens (tertiary/aromatic N) is 1. The number of benzene rings is 2. The number of alkyl halides is 3. The smallest absolute Gasteiger partial charge is 0.349 e. The second kappa shape index (κ2) is 8.36. The van der Waals surface area contributed by atoms with Gasteiger partial charge in [-0.3, -0.25) is 9.59 Å². The molecule has 2 aliphatic rings. The van der Waals surface area contributed by atoms with E-state index >= 15 is 0 Å². The van der Waals surface area contributed by atoms with Crippen molar-refractivity contribution in [2.75, 3.05) is 13.1 Å². The van der Waals surface area contributed by atoms with Crippen molar-refractivity contribution in [3.05, 3.63) is 59.7 Å². The summed E-state index contributed by atoms with van der Waals surface area (Å²) in [5, 5.41) is 3.15. The van der Waals surface area contributed by atoms with Crippen molar-refractivity contribution in [3.8, 4) is 11.1 Å². The van der Waals surface area contributed by atoms with Gasteiger partial charge in [0.25, 0.3) is 5.91 Å². The largest absolute Gasteiger partial charge is 0.416 e. The Bertz CT molecular complexity index is 972. The Morgan fingerprint density at radius 3 is 2.39 bits per heavy atom. The van der Waals surface area contributed by atoms with Crippen molar-refractivity contribution in [3.63, 3.8) is 0 Å². The van der Waals surface area contributed by atoms with Crippen molar-refractivity contribution < 1.29 is 22.8 Å². The van der Waals surface area contributed by atoms with E-state index in [-0.39, 0.29) is 23.8 Å². The first-order valence-electron chi connectivity index (χ1n) is 10.6. The summed E-state index contributed by atoms with van der Waals surface area (Å²) in [5.41, 5.74) is 0.871. The average Bonchev–Trinajstić information content (AvgIpc) is 3.19. The van der Waals surface area contributed by atoms with E-state index in [0.717, 1.165) is 37.9 Å². The van der Waals surface area contributed by atoms with Gasteiger partial charge in [-0.2, -0.15) is 13.2 Å². The van der Waals surface area contributed by atoms with Crippen molar-refractivity contribution in [2.24, 2.45) is 11.8 Å². The predicted octanol–water partition coefficient (Wildman–Crippen LogP) is 4.75. The zero-order valence-electron chi connectivity index (χ0n) is 17.3. The van der Waals surface area contributed by atoms with Crippen molar-refractivity contribution >= 4 is 11.8 Å². The summed E-state index contributed by atoms with van der Waals surface area (Å²) in [6.45, 7) is 2.98. The molecule has 0 radical (unpaired) electrons. The molecular formula is C24H25F3N2O2. The van der Waals surface area contributed by atoms with Crippen LogP contribution >= 0.6 is 0 Å². The highest BCUT2D eigenvalue weighted by molar-refractivity contribution is 6.01. The standard InChI is InChI=1S/C24H25F3N2O2/c1-15(30)29-13-17-5-4-8-22(21(17)14-29)28-23(31)20-7-3-2-6-19(20)16-9-11-18(12-10-16)24(25,26)27/h2-3,6-7,9-12,17,21-22H,4-5,8,13-14H2,1H3,(H,28,31). The Kier molecular flexibility index (Phi) is 5.77. The minimum absolute atomic E-state index is 0.0174. The normalized spacial score (nSPS) is 23.4. The molecule has 3 unspecified atom stereocenters. The molecule has 1 N–H and O–H groups in total. The monoisotopic (exact) mass is 430 g/mol. The Hall–Kier alpha value is -2.83. The van der Waals surface area contributed by atoms with E-state index in [1.807, 2.05) is 4.90 Å². The Balaban J connectivity index is 1.54. The van der Waals surface area contributed by atoms with Crippen LogP contribution in [0, 0.1) is 11.8 Å². The highest BCUT2D eigenvalue weighted by Crippen LogP contribution is 2.37. The molecule has 4 rings (SSSR count). The molecule has 0 spiro atoms. The number of nitrogens with one attached hydrogen (secondary N) is 1. The summed E-state index contributed by atoms with van der Waals surface area (Å²) in [6.07, 6.45) is -1.48. The molecular weight excluding hydrogens is 405 g/mol. The van der Waals surface area contributed by atoms with Crippen LogP contribution in [0.3, 0.4) is 0 Å². The van der Waals surface area contributed by atoms with Gasteiger partial charge < -0.3 is 10.2 Å². The van der Waals surface area contributed by atoms with E-state index in [1.54, 1.807) is 31.2 Å². The predicted molar refractivity (Wildman–Crippen MR) is 111 cm³/mol. The Morgan fingerprint density at radius 1 is 1.00 bits per heavy atom. The van der Waals surface area contributed by atoms with E-state index in [1.165, 1.54) is 12.1 Å². The van der Waals surface area contributed by atoms with Gasteiger partial charge in [0.05, 0.1) is 5.56 Å². The SMILES string of the molecule is CC(=O)N1CC2CCCC(NC(=O)c3ccccc3-c3ccc(C(F)(F)F)cc3)C2C1. The average molecular weight is 430 g/mol. The molecule has 1 heterocycles. The van der Waals surface area contributed by atoms with Crippen LogP contribution in [0.2, 0.25) is 0 Å². The lowest BCUT2D eigenvalue weighted by molar-refractivity contribution is -0.137. The molecule has 1 saturated carbocycles. The first-order chi connectivity index (χ1) is 14.7. The van der Waals surface area contributed by atoms with Gasteiger partial charge in [-0.05, 0) is 48.1 Å². The topological polar surface area (TPSA) is 49.4 Å². The molecule has 0 aromatic heterocycles. The van der Waals surface area contributed by atoms with Gasteiger partial charge in [0.1, 0.15) is 0 Å². The van der Waals surface area contributed by atoms with Crippen molar-refractivity contribution in [1.29, 1.82) is 0 Å². The quantitative estimate of drug-likeness (QED) is 0.764. The summed E-state index contributed by atoms with van der Waals surface area (Å²) in [7, 11) is 0. The number of hydrogen-bond acceptors (Lipinski definition) is 2. The molecule has 2 amide bonds. The number of fused-ring (bicyclic) bond motifs is 1. The number of carbonyl (C=O) groups is 2. The van der Waals surface area contributed by atoms with Gasteiger partial charge >= 0.3 is 6.18 Å². The molecule has 3 atom stereocenters. The Morgan fingerprint density at radius 2 is 1.71 bits per heavy atom. The molecule has 2 fully saturated rings. The number of likely N-dealkylation sites (tertiary alicyclic amines) is 1. The van der Waals surface area contributed by atoms with E-state index in [2.05, 4.69) is 5.32 Å². The maximum absolute atomic E-state index is 13.2. The third-order valence-corrected chi connectivity index (χ3v) is 6.56. The van der Waals surface area contributed by atoms with Gasteiger partial charge in [-0.1, -0.05) is 36.8 Å². The van der Waals surface area contributed by atoms with E-state index in [9.17, 15) is 22.8 Å². The second-order valence-electron chi connectivity index (χ2n) is 8.48. The summed E-state index contributed by atoms with van der Waals surface area (Å²) < 4.78 is 38.7. The fourth-order valence-corrected chi connectivity index (χ4v) is 4.93. The van der Waals surface area contributed by atoms with Gasteiger partial charge in [-0.25, -0.2) is 0 Å². The molecule has 1 aliphatic heterocycles. The fraction of sp³-hybridized carbons (Fsp3) is 0.417. The van der Waals surface area contributed by atoms with Crippen LogP contribution in [-0.4, -0.2) is 35.8 Å². The number of carbonyl (C=O) groups excluding carboxylic acids is 2. The zero-order chi connectivity index (χ0) is 22.2. The van der Waals surface area contributed by atoms with Crippen LogP contribution in [0.15, 0.2) is 48.5 Å². The van der Waals surface area contributed by atoms with Crippen LogP contribution in [0.25, 0.3) is 11.1 Å². The maximum atomic E-state index is 13.2. The molecule has 1 saturated heterocycles. The van der Waals surface area contributed by atoms with Crippen molar-refractivity contribution in [2.45, 2.75) is 38.4 Å². The lowest BCUT2D eigenvalue weighted by Gasteiger charge is -2.33. The number of rotatable bonds is 3. The zero-order valence-corrected chi connectivity index (χ0v) is 17.3. The molecule has 0 bridgehead atoms. The minimum atomic E-state index is -4.40.